The Morgan fingerprint density at radius 1 is 1.19 bits per heavy atom. The fraction of sp³-hybridized carbons (Fsp3) is 0.176. The van der Waals surface area contributed by atoms with E-state index in [2.05, 4.69) is 53.6 Å². The van der Waals surface area contributed by atoms with Gasteiger partial charge in [-0.3, -0.25) is 4.79 Å². The summed E-state index contributed by atoms with van der Waals surface area (Å²) in [4.78, 5) is 15.1. The molecule has 0 radical (unpaired) electrons. The Bertz CT molecular complexity index is 709. The van der Waals surface area contributed by atoms with E-state index in [0.717, 1.165) is 17.0 Å². The molecule has 0 saturated carbocycles. The number of aromatic amines is 1. The maximum absolute atomic E-state index is 12.0. The van der Waals surface area contributed by atoms with Gasteiger partial charge in [-0.05, 0) is 30.7 Å². The zero-order valence-electron chi connectivity index (χ0n) is 12.1. The first-order valence-corrected chi connectivity index (χ1v) is 6.95. The molecule has 0 fully saturated rings. The molecule has 1 aromatic heterocycles. The van der Waals surface area contributed by atoms with Crippen molar-refractivity contribution in [2.45, 2.75) is 19.8 Å². The van der Waals surface area contributed by atoms with Gasteiger partial charge >= 0.3 is 0 Å². The van der Waals surface area contributed by atoms with Crippen LogP contribution in [0.25, 0.3) is 6.08 Å². The van der Waals surface area contributed by atoms with Gasteiger partial charge in [0.2, 0.25) is 0 Å². The number of aryl methyl sites for hydroxylation is 1. The molecule has 3 rings (SSSR count). The first-order chi connectivity index (χ1) is 10.1. The van der Waals surface area contributed by atoms with E-state index >= 15 is 0 Å². The third kappa shape index (κ3) is 2.65. The number of H-pyrrole nitrogens is 1. The fourth-order valence-electron chi connectivity index (χ4n) is 2.42. The molecule has 106 valence electrons. The number of hydrogen-bond donors (Lipinski definition) is 2. The van der Waals surface area contributed by atoms with E-state index in [1.165, 1.54) is 5.56 Å². The van der Waals surface area contributed by atoms with Gasteiger partial charge < -0.3 is 4.98 Å². The van der Waals surface area contributed by atoms with Gasteiger partial charge in [0.05, 0.1) is 11.3 Å². The highest BCUT2D eigenvalue weighted by Crippen LogP contribution is 2.25. The van der Waals surface area contributed by atoms with Crippen LogP contribution in [0.5, 0.6) is 0 Å². The second kappa shape index (κ2) is 5.40. The number of aromatic nitrogens is 1. The van der Waals surface area contributed by atoms with Crippen LogP contribution < -0.4 is 5.43 Å². The standard InChI is InChI=1S/C17H17N3O/c1-11-5-7-13(8-6-11)12(2)16-15(17(21)20-19-16)10-14-4-3-9-18-14/h3-10,12,18H,1-2H3,(H,20,21)/b15-10+. The number of carbonyl (C=O) groups is 1. The van der Waals surface area contributed by atoms with Gasteiger partial charge in [0.25, 0.3) is 5.91 Å². The van der Waals surface area contributed by atoms with Crippen LogP contribution in [0.15, 0.2) is 53.3 Å². The van der Waals surface area contributed by atoms with Crippen molar-refractivity contribution in [2.24, 2.45) is 5.10 Å². The summed E-state index contributed by atoms with van der Waals surface area (Å²) < 4.78 is 0. The summed E-state index contributed by atoms with van der Waals surface area (Å²) >= 11 is 0. The highest BCUT2D eigenvalue weighted by Gasteiger charge is 2.27. The van der Waals surface area contributed by atoms with Crippen LogP contribution in [-0.4, -0.2) is 16.6 Å². The van der Waals surface area contributed by atoms with Crippen LogP contribution >= 0.6 is 0 Å². The largest absolute Gasteiger partial charge is 0.362 e. The first-order valence-electron chi connectivity index (χ1n) is 6.95. The Labute approximate surface area is 123 Å². The lowest BCUT2D eigenvalue weighted by Crippen LogP contribution is -2.15. The maximum Gasteiger partial charge on any atom is 0.273 e. The molecule has 1 amide bonds. The van der Waals surface area contributed by atoms with Crippen molar-refractivity contribution >= 4 is 17.7 Å². The second-order valence-electron chi connectivity index (χ2n) is 5.25. The molecule has 0 aliphatic carbocycles. The van der Waals surface area contributed by atoms with Crippen LogP contribution in [0, 0.1) is 6.92 Å². The number of hydrogen-bond acceptors (Lipinski definition) is 2. The van der Waals surface area contributed by atoms with Crippen molar-refractivity contribution in [3.8, 4) is 0 Å². The molecule has 21 heavy (non-hydrogen) atoms. The minimum absolute atomic E-state index is 0.0609. The molecule has 1 aliphatic rings. The van der Waals surface area contributed by atoms with Crippen molar-refractivity contribution in [1.29, 1.82) is 0 Å². The molecule has 0 saturated heterocycles. The van der Waals surface area contributed by atoms with Crippen molar-refractivity contribution in [1.82, 2.24) is 10.4 Å². The quantitative estimate of drug-likeness (QED) is 0.834. The number of hydrazone groups is 1. The Morgan fingerprint density at radius 3 is 2.62 bits per heavy atom. The molecule has 1 atom stereocenters. The van der Waals surface area contributed by atoms with E-state index in [1.807, 2.05) is 24.4 Å². The van der Waals surface area contributed by atoms with Crippen molar-refractivity contribution in [2.75, 3.05) is 0 Å². The third-order valence-electron chi connectivity index (χ3n) is 3.71. The predicted octanol–water partition coefficient (Wildman–Crippen LogP) is 3.00. The van der Waals surface area contributed by atoms with Crippen LogP contribution in [0.3, 0.4) is 0 Å². The van der Waals surface area contributed by atoms with Crippen molar-refractivity contribution in [3.63, 3.8) is 0 Å². The lowest BCUT2D eigenvalue weighted by molar-refractivity contribution is -0.116. The van der Waals surface area contributed by atoms with E-state index in [4.69, 9.17) is 0 Å². The number of nitrogens with zero attached hydrogens (tertiary/aromatic N) is 1. The lowest BCUT2D eigenvalue weighted by atomic mass is 9.91. The molecule has 2 heterocycles. The summed E-state index contributed by atoms with van der Waals surface area (Å²) in [5, 5.41) is 4.21. The van der Waals surface area contributed by atoms with Crippen molar-refractivity contribution in [3.05, 3.63) is 65.0 Å². The highest BCUT2D eigenvalue weighted by molar-refractivity contribution is 6.29. The molecule has 2 aromatic rings. The molecular weight excluding hydrogens is 262 g/mol. The molecule has 0 bridgehead atoms. The summed E-state index contributed by atoms with van der Waals surface area (Å²) in [6.07, 6.45) is 3.67. The number of benzene rings is 1. The predicted molar refractivity (Wildman–Crippen MR) is 83.9 cm³/mol. The van der Waals surface area contributed by atoms with Gasteiger partial charge in [0.15, 0.2) is 0 Å². The van der Waals surface area contributed by atoms with Crippen LogP contribution in [0.1, 0.15) is 29.7 Å². The van der Waals surface area contributed by atoms with Crippen LogP contribution in [0.4, 0.5) is 0 Å². The number of rotatable bonds is 3. The summed E-state index contributed by atoms with van der Waals surface area (Å²) in [5.74, 6) is -0.0932. The lowest BCUT2D eigenvalue weighted by Gasteiger charge is -2.12. The molecular formula is C17H17N3O. The molecule has 1 aliphatic heterocycles. The Morgan fingerprint density at radius 2 is 1.95 bits per heavy atom. The van der Waals surface area contributed by atoms with E-state index in [0.29, 0.717) is 5.57 Å². The van der Waals surface area contributed by atoms with Gasteiger partial charge in [-0.15, -0.1) is 0 Å². The van der Waals surface area contributed by atoms with E-state index in [9.17, 15) is 4.79 Å². The van der Waals surface area contributed by atoms with E-state index in [1.54, 1.807) is 0 Å². The zero-order chi connectivity index (χ0) is 14.8. The van der Waals surface area contributed by atoms with Gasteiger partial charge in [-0.2, -0.15) is 5.10 Å². The maximum atomic E-state index is 12.0. The van der Waals surface area contributed by atoms with E-state index in [-0.39, 0.29) is 11.8 Å². The number of amides is 1. The van der Waals surface area contributed by atoms with Gasteiger partial charge in [-0.25, -0.2) is 5.43 Å². The zero-order valence-corrected chi connectivity index (χ0v) is 12.1. The Hall–Kier alpha value is -2.62. The minimum atomic E-state index is -0.154. The summed E-state index contributed by atoms with van der Waals surface area (Å²) in [5.41, 5.74) is 7.21. The molecule has 2 N–H and O–H groups in total. The Balaban J connectivity index is 1.93. The van der Waals surface area contributed by atoms with Gasteiger partial charge in [0.1, 0.15) is 0 Å². The summed E-state index contributed by atoms with van der Waals surface area (Å²) in [6, 6.07) is 12.1. The van der Waals surface area contributed by atoms with Gasteiger partial charge in [-0.1, -0.05) is 36.8 Å². The van der Waals surface area contributed by atoms with Crippen LogP contribution in [0.2, 0.25) is 0 Å². The normalized spacial score (nSPS) is 17.7. The topological polar surface area (TPSA) is 57.2 Å². The van der Waals surface area contributed by atoms with Crippen molar-refractivity contribution < 1.29 is 4.79 Å². The summed E-state index contributed by atoms with van der Waals surface area (Å²) in [6.45, 7) is 4.12. The SMILES string of the molecule is Cc1ccc(C(C)C2=NNC(=O)/C2=C/c2ccc[nH]2)cc1. The molecule has 4 nitrogen and oxygen atoms in total. The monoisotopic (exact) mass is 279 g/mol. The molecule has 1 aromatic carbocycles. The molecule has 1 unspecified atom stereocenters. The van der Waals surface area contributed by atoms with Crippen LogP contribution in [-0.2, 0) is 4.79 Å². The first kappa shape index (κ1) is 13.4. The molecule has 4 heteroatoms. The minimum Gasteiger partial charge on any atom is -0.362 e. The number of carbonyl (C=O) groups excluding carboxylic acids is 1. The van der Waals surface area contributed by atoms with Gasteiger partial charge in [0, 0.05) is 17.8 Å². The van der Waals surface area contributed by atoms with E-state index < -0.39 is 0 Å². The second-order valence-corrected chi connectivity index (χ2v) is 5.25. The average Bonchev–Trinajstić information content (AvgIpc) is 3.11. The average molecular weight is 279 g/mol. The molecule has 0 spiro atoms. The number of nitrogens with one attached hydrogen (secondary N) is 2. The highest BCUT2D eigenvalue weighted by atomic mass is 16.2. The summed E-state index contributed by atoms with van der Waals surface area (Å²) in [7, 11) is 0. The smallest absolute Gasteiger partial charge is 0.273 e. The fourth-order valence-corrected chi connectivity index (χ4v) is 2.42. The third-order valence-corrected chi connectivity index (χ3v) is 3.71. The Kier molecular flexibility index (Phi) is 3.44.